The van der Waals surface area contributed by atoms with Crippen molar-refractivity contribution in [2.24, 2.45) is 0 Å². The second-order valence-electron chi connectivity index (χ2n) is 7.91. The molecule has 0 radical (unpaired) electrons. The van der Waals surface area contributed by atoms with Crippen LogP contribution in [0.5, 0.6) is 5.75 Å². The van der Waals surface area contributed by atoms with Gasteiger partial charge >= 0.3 is 0 Å². The maximum atomic E-state index is 13.8. The molecule has 0 aliphatic carbocycles. The number of imide groups is 1. The van der Waals surface area contributed by atoms with Gasteiger partial charge in [0.25, 0.3) is 11.8 Å². The summed E-state index contributed by atoms with van der Waals surface area (Å²) in [5.41, 5.74) is 2.04. The second-order valence-corrected chi connectivity index (χ2v) is 8.35. The van der Waals surface area contributed by atoms with Crippen molar-refractivity contribution >= 4 is 34.7 Å². The maximum absolute atomic E-state index is 13.8. The summed E-state index contributed by atoms with van der Waals surface area (Å²) in [6.07, 6.45) is 0.831. The molecule has 1 fully saturated rings. The Morgan fingerprint density at radius 1 is 0.906 bits per heavy atom. The predicted molar refractivity (Wildman–Crippen MR) is 127 cm³/mol. The number of halogens is 1. The van der Waals surface area contributed by atoms with E-state index in [1.807, 2.05) is 24.0 Å². The number of ether oxygens (including phenoxy) is 1. The molecule has 0 atom stereocenters. The fourth-order valence-corrected chi connectivity index (χ4v) is 4.30. The first-order chi connectivity index (χ1) is 15.5. The summed E-state index contributed by atoms with van der Waals surface area (Å²) in [6.45, 7) is 8.73. The van der Waals surface area contributed by atoms with Crippen molar-refractivity contribution in [1.82, 2.24) is 9.80 Å². The van der Waals surface area contributed by atoms with Gasteiger partial charge in [-0.2, -0.15) is 0 Å². The molecule has 0 bridgehead atoms. The first kappa shape index (κ1) is 22.4. The molecule has 2 amide bonds. The number of anilines is 1. The largest absolute Gasteiger partial charge is 0.491 e. The molecule has 32 heavy (non-hydrogen) atoms. The molecule has 1 saturated heterocycles. The van der Waals surface area contributed by atoms with Crippen LogP contribution in [0.25, 0.3) is 5.57 Å². The van der Waals surface area contributed by atoms with Crippen LogP contribution in [0, 0.1) is 0 Å². The minimum atomic E-state index is -0.335. The molecule has 7 heteroatoms. The van der Waals surface area contributed by atoms with Crippen LogP contribution in [0.15, 0.2) is 54.2 Å². The van der Waals surface area contributed by atoms with E-state index in [9.17, 15) is 9.59 Å². The highest BCUT2D eigenvalue weighted by Crippen LogP contribution is 2.39. The number of benzene rings is 2. The summed E-state index contributed by atoms with van der Waals surface area (Å²) >= 11 is 6.08. The van der Waals surface area contributed by atoms with E-state index in [2.05, 4.69) is 11.8 Å². The van der Waals surface area contributed by atoms with Crippen LogP contribution in [0.1, 0.15) is 25.8 Å². The zero-order valence-electron chi connectivity index (χ0n) is 18.5. The van der Waals surface area contributed by atoms with Crippen molar-refractivity contribution in [2.75, 3.05) is 44.2 Å². The van der Waals surface area contributed by atoms with Crippen molar-refractivity contribution in [2.45, 2.75) is 20.3 Å². The van der Waals surface area contributed by atoms with Gasteiger partial charge in [-0.05, 0) is 42.8 Å². The number of nitrogens with zero attached hydrogens (tertiary/aromatic N) is 3. The molecule has 0 N–H and O–H groups in total. The van der Waals surface area contributed by atoms with Crippen molar-refractivity contribution in [1.29, 1.82) is 0 Å². The molecule has 0 aromatic heterocycles. The first-order valence-corrected chi connectivity index (χ1v) is 11.5. The molecule has 2 aliphatic rings. The molecule has 0 unspecified atom stereocenters. The Labute approximate surface area is 194 Å². The zero-order chi connectivity index (χ0) is 22.7. The molecule has 0 spiro atoms. The minimum Gasteiger partial charge on any atom is -0.491 e. The topological polar surface area (TPSA) is 53.1 Å². The van der Waals surface area contributed by atoms with E-state index < -0.39 is 0 Å². The van der Waals surface area contributed by atoms with Crippen LogP contribution in [0.2, 0.25) is 5.02 Å². The summed E-state index contributed by atoms with van der Waals surface area (Å²) in [7, 11) is 0. The highest BCUT2D eigenvalue weighted by Gasteiger charge is 2.43. The SMILES string of the molecule is CCCOc1ccccc1N1C(=O)C(c2ccc(Cl)cc2)=C(N2CCN(CC)CC2)C1=O. The number of amides is 2. The molecule has 4 rings (SSSR count). The van der Waals surface area contributed by atoms with Crippen LogP contribution < -0.4 is 9.64 Å². The van der Waals surface area contributed by atoms with Gasteiger partial charge in [-0.3, -0.25) is 9.59 Å². The fraction of sp³-hybridized carbons (Fsp3) is 0.360. The van der Waals surface area contributed by atoms with Crippen LogP contribution in [-0.4, -0.2) is 60.9 Å². The van der Waals surface area contributed by atoms with E-state index >= 15 is 0 Å². The monoisotopic (exact) mass is 453 g/mol. The van der Waals surface area contributed by atoms with Gasteiger partial charge < -0.3 is 14.5 Å². The Morgan fingerprint density at radius 3 is 2.25 bits per heavy atom. The number of piperazine rings is 1. The molecule has 2 aromatic rings. The smallest absolute Gasteiger partial charge is 0.282 e. The zero-order valence-corrected chi connectivity index (χ0v) is 19.3. The van der Waals surface area contributed by atoms with Gasteiger partial charge in [-0.25, -0.2) is 4.90 Å². The van der Waals surface area contributed by atoms with Crippen molar-refractivity contribution in [3.63, 3.8) is 0 Å². The minimum absolute atomic E-state index is 0.308. The van der Waals surface area contributed by atoms with Gasteiger partial charge in [0.1, 0.15) is 11.4 Å². The third kappa shape index (κ3) is 4.25. The van der Waals surface area contributed by atoms with Gasteiger partial charge in [-0.1, -0.05) is 49.7 Å². The first-order valence-electron chi connectivity index (χ1n) is 11.1. The van der Waals surface area contributed by atoms with Crippen LogP contribution >= 0.6 is 11.6 Å². The van der Waals surface area contributed by atoms with E-state index in [-0.39, 0.29) is 11.8 Å². The van der Waals surface area contributed by atoms with E-state index in [1.54, 1.807) is 36.4 Å². The van der Waals surface area contributed by atoms with Gasteiger partial charge in [0.15, 0.2) is 0 Å². The molecule has 2 heterocycles. The number of carbonyl (C=O) groups is 2. The maximum Gasteiger partial charge on any atom is 0.282 e. The summed E-state index contributed by atoms with van der Waals surface area (Å²) in [4.78, 5) is 33.1. The van der Waals surface area contributed by atoms with Crippen molar-refractivity contribution in [3.05, 3.63) is 64.8 Å². The Kier molecular flexibility index (Phi) is 6.82. The molecule has 6 nitrogen and oxygen atoms in total. The predicted octanol–water partition coefficient (Wildman–Crippen LogP) is 4.05. The van der Waals surface area contributed by atoms with Gasteiger partial charge in [-0.15, -0.1) is 0 Å². The van der Waals surface area contributed by atoms with Crippen molar-refractivity contribution < 1.29 is 14.3 Å². The average molecular weight is 454 g/mol. The third-order valence-electron chi connectivity index (χ3n) is 5.90. The van der Waals surface area contributed by atoms with Gasteiger partial charge in [0, 0.05) is 31.2 Å². The Balaban J connectivity index is 1.76. The number of rotatable bonds is 7. The number of carbonyl (C=O) groups excluding carboxylic acids is 2. The Morgan fingerprint density at radius 2 is 1.59 bits per heavy atom. The molecule has 168 valence electrons. The normalized spacial score (nSPS) is 17.5. The lowest BCUT2D eigenvalue weighted by molar-refractivity contribution is -0.120. The summed E-state index contributed by atoms with van der Waals surface area (Å²) in [5, 5.41) is 0.583. The highest BCUT2D eigenvalue weighted by molar-refractivity contribution is 6.45. The summed E-state index contributed by atoms with van der Waals surface area (Å²) in [5.74, 6) is -0.112. The molecular formula is C25H28ClN3O3. The van der Waals surface area contributed by atoms with E-state index in [1.165, 1.54) is 4.90 Å². The molecular weight excluding hydrogens is 426 g/mol. The highest BCUT2D eigenvalue weighted by atomic mass is 35.5. The third-order valence-corrected chi connectivity index (χ3v) is 6.15. The molecule has 0 saturated carbocycles. The lowest BCUT2D eigenvalue weighted by Crippen LogP contribution is -2.47. The standard InChI is InChI=1S/C25H28ClN3O3/c1-3-17-32-21-8-6-5-7-20(21)29-24(30)22(18-9-11-19(26)12-10-18)23(25(29)31)28-15-13-27(4-2)14-16-28/h5-12H,3-4,13-17H2,1-2H3. The number of para-hydroxylation sites is 2. The number of hydrogen-bond donors (Lipinski definition) is 0. The van der Waals surface area contributed by atoms with E-state index in [0.717, 1.165) is 26.1 Å². The quantitative estimate of drug-likeness (QED) is 0.592. The van der Waals surface area contributed by atoms with Gasteiger partial charge in [0.2, 0.25) is 0 Å². The summed E-state index contributed by atoms with van der Waals surface area (Å²) in [6, 6.07) is 14.3. The van der Waals surface area contributed by atoms with Crippen molar-refractivity contribution in [3.8, 4) is 5.75 Å². The Hall–Kier alpha value is -2.83. The van der Waals surface area contributed by atoms with Crippen LogP contribution in [-0.2, 0) is 9.59 Å². The lowest BCUT2D eigenvalue weighted by Gasteiger charge is -2.36. The number of likely N-dealkylation sites (N-methyl/N-ethyl adjacent to an activating group) is 1. The Bertz CT molecular complexity index is 1030. The van der Waals surface area contributed by atoms with Crippen LogP contribution in [0.4, 0.5) is 5.69 Å². The molecule has 2 aliphatic heterocycles. The number of hydrogen-bond acceptors (Lipinski definition) is 5. The average Bonchev–Trinajstić information content (AvgIpc) is 3.08. The van der Waals surface area contributed by atoms with E-state index in [0.29, 0.717) is 53.0 Å². The van der Waals surface area contributed by atoms with E-state index in [4.69, 9.17) is 16.3 Å². The lowest BCUT2D eigenvalue weighted by atomic mass is 10.0. The fourth-order valence-electron chi connectivity index (χ4n) is 4.17. The van der Waals surface area contributed by atoms with Gasteiger partial charge in [0.05, 0.1) is 17.9 Å². The van der Waals surface area contributed by atoms with Crippen LogP contribution in [0.3, 0.4) is 0 Å². The molecule has 2 aromatic carbocycles. The second kappa shape index (κ2) is 9.76. The summed E-state index contributed by atoms with van der Waals surface area (Å²) < 4.78 is 5.86.